The van der Waals surface area contributed by atoms with Gasteiger partial charge >= 0.3 is 6.09 Å². The zero-order chi connectivity index (χ0) is 21.3. The molecule has 3 heterocycles. The highest BCUT2D eigenvalue weighted by Gasteiger charge is 2.25. The fourth-order valence-electron chi connectivity index (χ4n) is 3.46. The van der Waals surface area contributed by atoms with Crippen LogP contribution in [0.5, 0.6) is 0 Å². The Balaban J connectivity index is 1.43. The first-order chi connectivity index (χ1) is 14.3. The summed E-state index contributed by atoms with van der Waals surface area (Å²) >= 11 is 0. The second-order valence-electron chi connectivity index (χ2n) is 8.37. The smallest absolute Gasteiger partial charge is 0.410 e. The minimum atomic E-state index is -0.332. The lowest BCUT2D eigenvalue weighted by molar-refractivity contribution is 0.0940. The maximum absolute atomic E-state index is 12.5. The number of fused-ring (bicyclic) bond motifs is 1. The molecule has 0 spiro atoms. The van der Waals surface area contributed by atoms with E-state index in [-0.39, 0.29) is 23.8 Å². The van der Waals surface area contributed by atoms with Crippen molar-refractivity contribution >= 4 is 23.1 Å². The third kappa shape index (κ3) is 4.00. The van der Waals surface area contributed by atoms with Crippen molar-refractivity contribution in [2.75, 3.05) is 31.1 Å². The van der Waals surface area contributed by atoms with E-state index in [2.05, 4.69) is 15.1 Å². The molecule has 2 aromatic heterocycles. The lowest BCUT2D eigenvalue weighted by Crippen LogP contribution is -2.49. The van der Waals surface area contributed by atoms with Crippen molar-refractivity contribution in [2.45, 2.75) is 32.9 Å². The van der Waals surface area contributed by atoms with E-state index in [4.69, 9.17) is 4.74 Å². The molecule has 4 rings (SSSR count). The van der Waals surface area contributed by atoms with E-state index in [1.165, 1.54) is 0 Å². The van der Waals surface area contributed by atoms with Crippen LogP contribution in [0, 0.1) is 0 Å². The number of aromatic amines is 1. The van der Waals surface area contributed by atoms with Gasteiger partial charge in [0, 0.05) is 26.2 Å². The number of nitrogens with zero attached hydrogens (tertiary/aromatic N) is 5. The number of carbonyl (C=O) groups is 1. The molecule has 0 atom stereocenters. The van der Waals surface area contributed by atoms with Crippen LogP contribution in [0.2, 0.25) is 0 Å². The van der Waals surface area contributed by atoms with Gasteiger partial charge in [0.1, 0.15) is 12.0 Å². The summed E-state index contributed by atoms with van der Waals surface area (Å²) in [5, 5.41) is 4.81. The summed E-state index contributed by atoms with van der Waals surface area (Å²) in [5.74, 6) is 0.496. The second kappa shape index (κ2) is 7.81. The second-order valence-corrected chi connectivity index (χ2v) is 8.37. The number of amides is 1. The summed E-state index contributed by atoms with van der Waals surface area (Å²) in [4.78, 5) is 36.0. The molecule has 1 N–H and O–H groups in total. The quantitative estimate of drug-likeness (QED) is 0.712. The van der Waals surface area contributed by atoms with Crippen molar-refractivity contribution in [1.82, 2.24) is 24.6 Å². The average molecular weight is 410 g/mol. The third-order valence-corrected chi connectivity index (χ3v) is 5.10. The van der Waals surface area contributed by atoms with E-state index in [1.807, 2.05) is 56.0 Å². The fraction of sp³-hybridized carbons (Fsp3) is 0.429. The van der Waals surface area contributed by atoms with Crippen molar-refractivity contribution < 1.29 is 9.53 Å². The number of benzene rings is 1. The molecule has 0 unspecified atom stereocenters. The predicted octanol–water partition coefficient (Wildman–Crippen LogP) is 2.33. The average Bonchev–Trinajstić information content (AvgIpc) is 3.18. The maximum Gasteiger partial charge on any atom is 0.410 e. The topological polar surface area (TPSA) is 96.4 Å². The number of anilines is 1. The van der Waals surface area contributed by atoms with Crippen molar-refractivity contribution in [3.8, 4) is 0 Å². The Hall–Kier alpha value is -3.36. The Morgan fingerprint density at radius 3 is 2.50 bits per heavy atom. The lowest BCUT2D eigenvalue weighted by atomic mass is 10.1. The summed E-state index contributed by atoms with van der Waals surface area (Å²) < 4.78 is 7.17. The van der Waals surface area contributed by atoms with Crippen LogP contribution in [0.15, 0.2) is 41.3 Å². The number of hydrogen-bond acceptors (Lipinski definition) is 6. The molecule has 1 fully saturated rings. The molecule has 0 saturated carbocycles. The number of nitrogens with one attached hydrogen (secondary N) is 1. The summed E-state index contributed by atoms with van der Waals surface area (Å²) in [5.41, 5.74) is 1.01. The van der Waals surface area contributed by atoms with Gasteiger partial charge in [-0.3, -0.25) is 9.78 Å². The van der Waals surface area contributed by atoms with Gasteiger partial charge in [-0.05, 0) is 26.3 Å². The molecule has 30 heavy (non-hydrogen) atoms. The molecule has 0 bridgehead atoms. The fourth-order valence-corrected chi connectivity index (χ4v) is 3.46. The first-order valence-corrected chi connectivity index (χ1v) is 10.0. The summed E-state index contributed by atoms with van der Waals surface area (Å²) in [6.07, 6.45) is 1.22. The Kier molecular flexibility index (Phi) is 5.19. The molecule has 3 aromatic rings. The molecular weight excluding hydrogens is 384 g/mol. The first kappa shape index (κ1) is 19.9. The largest absolute Gasteiger partial charge is 0.445 e. The zero-order valence-corrected chi connectivity index (χ0v) is 17.5. The van der Waals surface area contributed by atoms with E-state index in [1.54, 1.807) is 15.8 Å². The first-order valence-electron chi connectivity index (χ1n) is 10.0. The van der Waals surface area contributed by atoms with Crippen LogP contribution >= 0.6 is 0 Å². The molecule has 1 aliphatic heterocycles. The molecular formula is C21H26N6O3. The van der Waals surface area contributed by atoms with Crippen molar-refractivity contribution in [3.05, 3.63) is 52.4 Å². The highest BCUT2D eigenvalue weighted by molar-refractivity contribution is 5.75. The standard InChI is InChI=1S/C21H26N6O3/c1-21(2,3)27-17-16(13-22-27)18(28)24-19(23-17)25-9-11-26(12-10-25)20(29)30-14-15-7-5-4-6-8-15/h4-8,13H,9-12,14H2,1-3H3,(H,23,24,28). The van der Waals surface area contributed by atoms with Gasteiger partial charge in [-0.2, -0.15) is 10.1 Å². The SMILES string of the molecule is CC(C)(C)n1ncc2c(=O)[nH]c(N3CCN(C(=O)OCc4ccccc4)CC3)nc21. The molecule has 1 aliphatic rings. The van der Waals surface area contributed by atoms with Gasteiger partial charge in [0.25, 0.3) is 5.56 Å². The van der Waals surface area contributed by atoms with Gasteiger partial charge in [0.2, 0.25) is 5.95 Å². The van der Waals surface area contributed by atoms with E-state index < -0.39 is 0 Å². The Morgan fingerprint density at radius 2 is 1.83 bits per heavy atom. The predicted molar refractivity (Wildman–Crippen MR) is 114 cm³/mol. The molecule has 9 nitrogen and oxygen atoms in total. The minimum Gasteiger partial charge on any atom is -0.445 e. The van der Waals surface area contributed by atoms with Crippen LogP contribution in [0.25, 0.3) is 11.0 Å². The van der Waals surface area contributed by atoms with Crippen LogP contribution in [-0.2, 0) is 16.9 Å². The van der Waals surface area contributed by atoms with E-state index in [9.17, 15) is 9.59 Å². The van der Waals surface area contributed by atoms with E-state index >= 15 is 0 Å². The molecule has 9 heteroatoms. The molecule has 158 valence electrons. The molecule has 1 saturated heterocycles. The van der Waals surface area contributed by atoms with Gasteiger partial charge in [0.05, 0.1) is 11.7 Å². The highest BCUT2D eigenvalue weighted by atomic mass is 16.6. The van der Waals surface area contributed by atoms with Gasteiger partial charge in [-0.25, -0.2) is 9.48 Å². The number of hydrogen-bond donors (Lipinski definition) is 1. The molecule has 1 amide bonds. The number of carbonyl (C=O) groups excluding carboxylic acids is 1. The summed E-state index contributed by atoms with van der Waals surface area (Å²) in [6.45, 7) is 8.40. The number of aromatic nitrogens is 4. The van der Waals surface area contributed by atoms with E-state index in [0.717, 1.165) is 5.56 Å². The van der Waals surface area contributed by atoms with Crippen LogP contribution in [-0.4, -0.2) is 56.9 Å². The molecule has 0 radical (unpaired) electrons. The number of rotatable bonds is 3. The number of H-pyrrole nitrogens is 1. The van der Waals surface area contributed by atoms with E-state index in [0.29, 0.717) is 43.2 Å². The Bertz CT molecular complexity index is 1090. The van der Waals surface area contributed by atoms with Crippen LogP contribution in [0.3, 0.4) is 0 Å². The zero-order valence-electron chi connectivity index (χ0n) is 17.5. The summed E-state index contributed by atoms with van der Waals surface area (Å²) in [7, 11) is 0. The molecule has 0 aliphatic carbocycles. The Labute approximate surface area is 174 Å². The van der Waals surface area contributed by atoms with Crippen LogP contribution < -0.4 is 10.5 Å². The molecule has 1 aromatic carbocycles. The normalized spacial score (nSPS) is 14.9. The minimum absolute atomic E-state index is 0.213. The Morgan fingerprint density at radius 1 is 1.13 bits per heavy atom. The van der Waals surface area contributed by atoms with Gasteiger partial charge in [0.15, 0.2) is 5.65 Å². The van der Waals surface area contributed by atoms with Gasteiger partial charge in [-0.1, -0.05) is 30.3 Å². The van der Waals surface area contributed by atoms with Gasteiger partial charge < -0.3 is 14.5 Å². The van der Waals surface area contributed by atoms with Gasteiger partial charge in [-0.15, -0.1) is 0 Å². The lowest BCUT2D eigenvalue weighted by Gasteiger charge is -2.34. The monoisotopic (exact) mass is 410 g/mol. The maximum atomic E-state index is 12.5. The van der Waals surface area contributed by atoms with Crippen LogP contribution in [0.4, 0.5) is 10.7 Å². The van der Waals surface area contributed by atoms with Crippen molar-refractivity contribution in [2.24, 2.45) is 0 Å². The number of piperazine rings is 1. The van der Waals surface area contributed by atoms with Crippen molar-refractivity contribution in [3.63, 3.8) is 0 Å². The number of ether oxygens (including phenoxy) is 1. The summed E-state index contributed by atoms with van der Waals surface area (Å²) in [6, 6.07) is 9.60. The van der Waals surface area contributed by atoms with Crippen molar-refractivity contribution in [1.29, 1.82) is 0 Å². The third-order valence-electron chi connectivity index (χ3n) is 5.10. The highest BCUT2D eigenvalue weighted by Crippen LogP contribution is 2.20. The van der Waals surface area contributed by atoms with Crippen LogP contribution in [0.1, 0.15) is 26.3 Å².